The van der Waals surface area contributed by atoms with Gasteiger partial charge in [-0.2, -0.15) is 0 Å². The number of aromatic nitrogens is 1. The van der Waals surface area contributed by atoms with E-state index in [1.165, 1.54) is 19.4 Å². The minimum Gasteiger partial charge on any atom is -0.506 e. The van der Waals surface area contributed by atoms with E-state index in [2.05, 4.69) is 10.2 Å². The molecule has 8 nitrogen and oxygen atoms in total. The Balaban J connectivity index is 0.00000218. The number of carbonyl (C=O) groups is 1. The highest BCUT2D eigenvalue weighted by atomic mass is 35.5. The first-order valence-electron chi connectivity index (χ1n) is 10.2. The van der Waals surface area contributed by atoms with Gasteiger partial charge in [-0.05, 0) is 44.2 Å². The Kier molecular flexibility index (Phi) is 5.32. The molecule has 0 radical (unpaired) electrons. The van der Waals surface area contributed by atoms with E-state index >= 15 is 0 Å². The second-order valence-corrected chi connectivity index (χ2v) is 8.36. The fourth-order valence-electron chi connectivity index (χ4n) is 4.98. The van der Waals surface area contributed by atoms with Gasteiger partial charge in [-0.3, -0.25) is 4.79 Å². The predicted molar refractivity (Wildman–Crippen MR) is 116 cm³/mol. The number of methoxy groups -OCH3 is 1. The van der Waals surface area contributed by atoms with Crippen LogP contribution >= 0.6 is 12.4 Å². The fourth-order valence-corrected chi connectivity index (χ4v) is 4.98. The van der Waals surface area contributed by atoms with Crippen molar-refractivity contribution in [2.24, 2.45) is 5.92 Å². The molecule has 2 aliphatic heterocycles. The average Bonchev–Trinajstić information content (AvgIpc) is 3.45. The number of fused-ring (bicyclic) bond motifs is 2. The number of carboxylic acids is 1. The maximum Gasteiger partial charge on any atom is 0.341 e. The van der Waals surface area contributed by atoms with Crippen LogP contribution in [0, 0.1) is 5.92 Å². The van der Waals surface area contributed by atoms with Gasteiger partial charge in [0.2, 0.25) is 5.43 Å². The summed E-state index contributed by atoms with van der Waals surface area (Å²) < 4.78 is 7.60. The highest BCUT2D eigenvalue weighted by molar-refractivity contribution is 5.98. The van der Waals surface area contributed by atoms with Crippen LogP contribution in [0.25, 0.3) is 10.9 Å². The lowest BCUT2D eigenvalue weighted by atomic mass is 9.94. The second-order valence-electron chi connectivity index (χ2n) is 8.36. The summed E-state index contributed by atoms with van der Waals surface area (Å²) in [5.74, 6) is -0.346. The molecule has 1 saturated carbocycles. The van der Waals surface area contributed by atoms with Crippen molar-refractivity contribution in [2.75, 3.05) is 31.6 Å². The summed E-state index contributed by atoms with van der Waals surface area (Å²) in [6.07, 6.45) is 5.58. The predicted octanol–water partition coefficient (Wildman–Crippen LogP) is 2.36. The maximum atomic E-state index is 12.8. The van der Waals surface area contributed by atoms with Crippen molar-refractivity contribution >= 4 is 35.0 Å². The SMILES string of the molecule is COc1c(N2C[C@@H]3CCCN[C@@H]3C2)c(O)cc2c(=O)c(C(=O)O)cn(C3CC3)c12.Cl. The van der Waals surface area contributed by atoms with Gasteiger partial charge in [0.1, 0.15) is 17.0 Å². The molecule has 3 N–H and O–H groups in total. The molecule has 3 aliphatic rings. The topological polar surface area (TPSA) is 104 Å². The van der Waals surface area contributed by atoms with Crippen molar-refractivity contribution < 1.29 is 19.7 Å². The Hall–Kier alpha value is -2.45. The number of carboxylic acid groups (broad SMARTS) is 1. The van der Waals surface area contributed by atoms with E-state index < -0.39 is 11.4 Å². The molecule has 0 amide bonds. The van der Waals surface area contributed by atoms with Crippen LogP contribution in [0.4, 0.5) is 5.69 Å². The molecule has 3 fully saturated rings. The second kappa shape index (κ2) is 7.67. The molecule has 0 bridgehead atoms. The minimum absolute atomic E-state index is 0. The highest BCUT2D eigenvalue weighted by Gasteiger charge is 2.38. The van der Waals surface area contributed by atoms with E-state index in [1.807, 2.05) is 4.57 Å². The van der Waals surface area contributed by atoms with Crippen LogP contribution in [0.1, 0.15) is 42.1 Å². The molecule has 162 valence electrons. The molecule has 2 saturated heterocycles. The third-order valence-corrected chi connectivity index (χ3v) is 6.51. The molecule has 30 heavy (non-hydrogen) atoms. The summed E-state index contributed by atoms with van der Waals surface area (Å²) in [7, 11) is 1.53. The van der Waals surface area contributed by atoms with Gasteiger partial charge in [-0.15, -0.1) is 12.4 Å². The third-order valence-electron chi connectivity index (χ3n) is 6.51. The average molecular weight is 436 g/mol. The number of halogens is 1. The van der Waals surface area contributed by atoms with Crippen LogP contribution in [0.3, 0.4) is 0 Å². The van der Waals surface area contributed by atoms with E-state index in [9.17, 15) is 19.8 Å². The molecule has 1 aromatic heterocycles. The lowest BCUT2D eigenvalue weighted by molar-refractivity contribution is 0.0695. The van der Waals surface area contributed by atoms with Gasteiger partial charge < -0.3 is 29.7 Å². The summed E-state index contributed by atoms with van der Waals surface area (Å²) in [6.45, 7) is 2.59. The summed E-state index contributed by atoms with van der Waals surface area (Å²) in [6, 6.07) is 1.94. The molecule has 2 aromatic rings. The number of rotatable bonds is 4. The normalized spacial score (nSPS) is 23.2. The van der Waals surface area contributed by atoms with E-state index in [4.69, 9.17) is 4.74 Å². The van der Waals surface area contributed by atoms with Crippen molar-refractivity contribution in [1.82, 2.24) is 9.88 Å². The first-order valence-corrected chi connectivity index (χ1v) is 10.2. The third kappa shape index (κ3) is 3.18. The van der Waals surface area contributed by atoms with Gasteiger partial charge in [0.05, 0.1) is 18.0 Å². The van der Waals surface area contributed by atoms with Gasteiger partial charge in [-0.1, -0.05) is 0 Å². The first-order chi connectivity index (χ1) is 14.0. The van der Waals surface area contributed by atoms with E-state index in [1.54, 1.807) is 0 Å². The number of ether oxygens (including phenoxy) is 1. The van der Waals surface area contributed by atoms with Crippen LogP contribution in [0.5, 0.6) is 11.5 Å². The molecule has 2 atom stereocenters. The quantitative estimate of drug-likeness (QED) is 0.677. The van der Waals surface area contributed by atoms with Gasteiger partial charge in [0, 0.05) is 31.4 Å². The van der Waals surface area contributed by atoms with Crippen LogP contribution in [0.15, 0.2) is 17.1 Å². The molecular weight excluding hydrogens is 410 g/mol. The Morgan fingerprint density at radius 1 is 1.27 bits per heavy atom. The summed E-state index contributed by atoms with van der Waals surface area (Å²) >= 11 is 0. The zero-order valence-electron chi connectivity index (χ0n) is 16.8. The number of phenols is 1. The zero-order valence-corrected chi connectivity index (χ0v) is 17.6. The smallest absolute Gasteiger partial charge is 0.341 e. The Morgan fingerprint density at radius 2 is 2.03 bits per heavy atom. The number of piperidine rings is 1. The largest absolute Gasteiger partial charge is 0.506 e. The Bertz CT molecular complexity index is 1050. The molecule has 0 unspecified atom stereocenters. The number of benzene rings is 1. The van der Waals surface area contributed by atoms with Gasteiger partial charge in [0.15, 0.2) is 5.75 Å². The van der Waals surface area contributed by atoms with Crippen LogP contribution in [-0.2, 0) is 0 Å². The maximum absolute atomic E-state index is 12.8. The standard InChI is InChI=1S/C21H25N3O5.ClH/c1-29-20-17-13(19(26)14(21(27)28)9-24(17)12-4-5-12)7-16(25)18(20)23-8-11-3-2-6-22-15(11)10-23;/h7,9,11-12,15,22,25H,2-6,8,10H2,1H3,(H,27,28);1H/t11-,15+;/m0./s1. The number of anilines is 1. The van der Waals surface area contributed by atoms with Crippen molar-refractivity contribution in [3.8, 4) is 11.5 Å². The molecular formula is C21H26ClN3O5. The van der Waals surface area contributed by atoms with E-state index in [0.29, 0.717) is 28.9 Å². The number of nitrogens with zero attached hydrogens (tertiary/aromatic N) is 2. The Labute approximate surface area is 179 Å². The van der Waals surface area contributed by atoms with Crippen LogP contribution in [-0.4, -0.2) is 53.5 Å². The number of aromatic hydroxyl groups is 1. The summed E-state index contributed by atoms with van der Waals surface area (Å²) in [5.41, 5.74) is 0.282. The number of pyridine rings is 1. The lowest BCUT2D eigenvalue weighted by Gasteiger charge is -2.25. The molecule has 1 aromatic carbocycles. The molecule has 5 rings (SSSR count). The van der Waals surface area contributed by atoms with E-state index in [0.717, 1.165) is 45.3 Å². The number of phenolic OH excluding ortho intramolecular Hbond substituents is 1. The number of aromatic carboxylic acids is 1. The number of nitrogens with one attached hydrogen (secondary N) is 1. The molecule has 0 spiro atoms. The van der Waals surface area contributed by atoms with Gasteiger partial charge in [0.25, 0.3) is 0 Å². The van der Waals surface area contributed by atoms with Gasteiger partial charge >= 0.3 is 5.97 Å². The molecule has 3 heterocycles. The van der Waals surface area contributed by atoms with Crippen LogP contribution < -0.4 is 20.4 Å². The monoisotopic (exact) mass is 435 g/mol. The minimum atomic E-state index is -1.26. The zero-order chi connectivity index (χ0) is 20.3. The number of hydrogen-bond acceptors (Lipinski definition) is 6. The first kappa shape index (κ1) is 20.8. The lowest BCUT2D eigenvalue weighted by Crippen LogP contribution is -2.40. The highest BCUT2D eigenvalue weighted by Crippen LogP contribution is 2.47. The summed E-state index contributed by atoms with van der Waals surface area (Å²) in [4.78, 5) is 26.6. The van der Waals surface area contributed by atoms with Gasteiger partial charge in [-0.25, -0.2) is 4.79 Å². The number of hydrogen-bond donors (Lipinski definition) is 3. The van der Waals surface area contributed by atoms with E-state index in [-0.39, 0.29) is 35.1 Å². The summed E-state index contributed by atoms with van der Waals surface area (Å²) in [5, 5.41) is 24.1. The fraction of sp³-hybridized carbons (Fsp3) is 0.524. The van der Waals surface area contributed by atoms with Crippen molar-refractivity contribution in [2.45, 2.75) is 37.8 Å². The molecule has 1 aliphatic carbocycles. The van der Waals surface area contributed by atoms with Crippen LogP contribution in [0.2, 0.25) is 0 Å². The Morgan fingerprint density at radius 3 is 2.67 bits per heavy atom. The van der Waals surface area contributed by atoms with Crippen molar-refractivity contribution in [3.05, 3.63) is 28.0 Å². The van der Waals surface area contributed by atoms with Crippen molar-refractivity contribution in [1.29, 1.82) is 0 Å². The van der Waals surface area contributed by atoms with Crippen molar-refractivity contribution in [3.63, 3.8) is 0 Å². The molecule has 9 heteroatoms.